The zero-order valence-corrected chi connectivity index (χ0v) is 16.6. The van der Waals surface area contributed by atoms with Crippen molar-refractivity contribution in [2.75, 3.05) is 43.7 Å². The van der Waals surface area contributed by atoms with Gasteiger partial charge >= 0.3 is 11.9 Å². The Hall–Kier alpha value is -3.06. The zero-order valence-electron chi connectivity index (χ0n) is 16.6. The molecule has 1 aliphatic rings. The van der Waals surface area contributed by atoms with Gasteiger partial charge in [0.2, 0.25) is 0 Å². The van der Waals surface area contributed by atoms with Gasteiger partial charge in [-0.15, -0.1) is 0 Å². The smallest absolute Gasteiger partial charge is 0.355 e. The molecule has 0 fully saturated rings. The minimum absolute atomic E-state index is 0.0624. The molecule has 0 saturated heterocycles. The van der Waals surface area contributed by atoms with Crippen LogP contribution in [0.15, 0.2) is 53.9 Å². The monoisotopic (exact) mass is 386 g/mol. The summed E-state index contributed by atoms with van der Waals surface area (Å²) < 4.78 is 9.76. The first-order valence-corrected chi connectivity index (χ1v) is 8.99. The maximum absolute atomic E-state index is 12.5. The Balaban J connectivity index is 2.57. The van der Waals surface area contributed by atoms with E-state index in [0.717, 1.165) is 23.5 Å². The Labute approximate surface area is 165 Å². The molecule has 2 rings (SSSR count). The summed E-state index contributed by atoms with van der Waals surface area (Å²) in [7, 11) is 2.53. The second kappa shape index (κ2) is 9.75. The van der Waals surface area contributed by atoms with Gasteiger partial charge in [0.15, 0.2) is 0 Å². The standard InChI is InChI=1S/C21H26N2O5/c1-5-22(12-13-24)16-9-10-18(15(2)14-16)23-11-7-6-8-17(20(25)27-3)19(23)21(26)28-4/h6-11,14,24H,5,12-13H2,1-4H3. The van der Waals surface area contributed by atoms with Gasteiger partial charge < -0.3 is 24.4 Å². The molecule has 0 radical (unpaired) electrons. The van der Waals surface area contributed by atoms with Crippen LogP contribution in [0.1, 0.15) is 12.5 Å². The molecule has 1 N–H and O–H groups in total. The third kappa shape index (κ3) is 4.43. The van der Waals surface area contributed by atoms with E-state index in [1.807, 2.05) is 36.9 Å². The van der Waals surface area contributed by atoms with Gasteiger partial charge in [-0.25, -0.2) is 9.59 Å². The Morgan fingerprint density at radius 2 is 1.86 bits per heavy atom. The van der Waals surface area contributed by atoms with Crippen molar-refractivity contribution in [3.8, 4) is 0 Å². The second-order valence-corrected chi connectivity index (χ2v) is 6.09. The molecular formula is C21H26N2O5. The van der Waals surface area contributed by atoms with Gasteiger partial charge in [0.05, 0.1) is 26.4 Å². The number of nitrogens with zero attached hydrogens (tertiary/aromatic N) is 2. The summed E-state index contributed by atoms with van der Waals surface area (Å²) in [6.07, 6.45) is 6.62. The fourth-order valence-corrected chi connectivity index (χ4v) is 3.05. The number of ether oxygens (including phenoxy) is 2. The van der Waals surface area contributed by atoms with Crippen LogP contribution in [0.3, 0.4) is 0 Å². The minimum atomic E-state index is -0.643. The number of carbonyl (C=O) groups excluding carboxylic acids is 2. The molecule has 0 atom stereocenters. The summed E-state index contributed by atoms with van der Waals surface area (Å²) in [4.78, 5) is 28.4. The quantitative estimate of drug-likeness (QED) is 0.721. The maximum Gasteiger partial charge on any atom is 0.355 e. The molecule has 7 nitrogen and oxygen atoms in total. The lowest BCUT2D eigenvalue weighted by Crippen LogP contribution is -2.28. The van der Waals surface area contributed by atoms with Crippen LogP contribution in [-0.2, 0) is 19.1 Å². The van der Waals surface area contributed by atoms with Crippen molar-refractivity contribution in [3.63, 3.8) is 0 Å². The van der Waals surface area contributed by atoms with Crippen molar-refractivity contribution < 1.29 is 24.2 Å². The van der Waals surface area contributed by atoms with E-state index in [1.54, 1.807) is 23.3 Å². The molecule has 0 aromatic heterocycles. The number of hydrogen-bond acceptors (Lipinski definition) is 7. The van der Waals surface area contributed by atoms with Crippen molar-refractivity contribution >= 4 is 23.3 Å². The lowest BCUT2D eigenvalue weighted by atomic mass is 10.1. The molecule has 0 unspecified atom stereocenters. The van der Waals surface area contributed by atoms with E-state index in [0.29, 0.717) is 6.54 Å². The normalized spacial score (nSPS) is 13.4. The number of carbonyl (C=O) groups is 2. The van der Waals surface area contributed by atoms with Crippen LogP contribution in [0.25, 0.3) is 0 Å². The van der Waals surface area contributed by atoms with E-state index in [4.69, 9.17) is 9.47 Å². The molecule has 7 heteroatoms. The van der Waals surface area contributed by atoms with Gasteiger partial charge in [-0.1, -0.05) is 6.08 Å². The average Bonchev–Trinajstić information content (AvgIpc) is 2.93. The van der Waals surface area contributed by atoms with Crippen molar-refractivity contribution in [2.45, 2.75) is 13.8 Å². The average molecular weight is 386 g/mol. The number of allylic oxidation sites excluding steroid dienone is 2. The SMILES string of the molecule is CCN(CCO)c1ccc(N2C=CC=CC(C(=O)OC)=C2C(=O)OC)c(C)c1. The number of esters is 2. The molecule has 1 aromatic rings. The topological polar surface area (TPSA) is 79.3 Å². The van der Waals surface area contributed by atoms with Crippen molar-refractivity contribution in [3.05, 3.63) is 59.5 Å². The highest BCUT2D eigenvalue weighted by atomic mass is 16.5. The largest absolute Gasteiger partial charge is 0.465 e. The van der Waals surface area contributed by atoms with E-state index in [1.165, 1.54) is 20.3 Å². The van der Waals surface area contributed by atoms with Crippen LogP contribution >= 0.6 is 0 Å². The lowest BCUT2D eigenvalue weighted by Gasteiger charge is -2.27. The predicted octanol–water partition coefficient (Wildman–Crippen LogP) is 2.30. The number of hydrogen-bond donors (Lipinski definition) is 1. The molecule has 0 spiro atoms. The number of rotatable bonds is 7. The Morgan fingerprint density at radius 3 is 2.43 bits per heavy atom. The van der Waals surface area contributed by atoms with Gasteiger partial charge in [-0.2, -0.15) is 0 Å². The Kier molecular flexibility index (Phi) is 7.40. The molecule has 0 saturated carbocycles. The summed E-state index contributed by atoms with van der Waals surface area (Å²) in [5, 5.41) is 9.25. The van der Waals surface area contributed by atoms with Crippen LogP contribution in [-0.4, -0.2) is 51.0 Å². The highest BCUT2D eigenvalue weighted by Crippen LogP contribution is 2.31. The summed E-state index contributed by atoms with van der Waals surface area (Å²) >= 11 is 0. The van der Waals surface area contributed by atoms with Crippen LogP contribution < -0.4 is 9.80 Å². The highest BCUT2D eigenvalue weighted by molar-refractivity contribution is 6.05. The van der Waals surface area contributed by atoms with E-state index in [-0.39, 0.29) is 17.9 Å². The molecule has 1 heterocycles. The predicted molar refractivity (Wildman–Crippen MR) is 108 cm³/mol. The number of benzene rings is 1. The number of anilines is 2. The second-order valence-electron chi connectivity index (χ2n) is 6.09. The van der Waals surface area contributed by atoms with Crippen LogP contribution in [0.2, 0.25) is 0 Å². The molecule has 1 aromatic carbocycles. The number of aliphatic hydroxyl groups is 1. The van der Waals surface area contributed by atoms with E-state index in [9.17, 15) is 14.7 Å². The first-order chi connectivity index (χ1) is 13.5. The number of likely N-dealkylation sites (N-methyl/N-ethyl adjacent to an activating group) is 1. The Bertz CT molecular complexity index is 826. The first-order valence-electron chi connectivity index (χ1n) is 8.99. The Morgan fingerprint density at radius 1 is 1.14 bits per heavy atom. The highest BCUT2D eigenvalue weighted by Gasteiger charge is 2.28. The fourth-order valence-electron chi connectivity index (χ4n) is 3.05. The van der Waals surface area contributed by atoms with Crippen molar-refractivity contribution in [2.24, 2.45) is 0 Å². The lowest BCUT2D eigenvalue weighted by molar-refractivity contribution is -0.139. The number of aryl methyl sites for hydroxylation is 1. The van der Waals surface area contributed by atoms with Crippen LogP contribution in [0, 0.1) is 6.92 Å². The molecule has 0 bridgehead atoms. The maximum atomic E-state index is 12.5. The minimum Gasteiger partial charge on any atom is -0.465 e. The van der Waals surface area contributed by atoms with E-state index in [2.05, 4.69) is 0 Å². The third-order valence-electron chi connectivity index (χ3n) is 4.45. The van der Waals surface area contributed by atoms with Gasteiger partial charge in [0, 0.05) is 30.7 Å². The number of aliphatic hydroxyl groups excluding tert-OH is 1. The van der Waals surface area contributed by atoms with E-state index >= 15 is 0 Å². The van der Waals surface area contributed by atoms with Gasteiger partial charge in [-0.05, 0) is 49.8 Å². The first kappa shape index (κ1) is 21.2. The van der Waals surface area contributed by atoms with E-state index < -0.39 is 11.9 Å². The summed E-state index contributed by atoms with van der Waals surface area (Å²) in [5.74, 6) is -1.27. The van der Waals surface area contributed by atoms with Crippen molar-refractivity contribution in [1.82, 2.24) is 0 Å². The molecule has 1 aliphatic heterocycles. The molecule has 28 heavy (non-hydrogen) atoms. The van der Waals surface area contributed by atoms with Gasteiger partial charge in [-0.3, -0.25) is 0 Å². The fraction of sp³-hybridized carbons (Fsp3) is 0.333. The summed E-state index contributed by atoms with van der Waals surface area (Å²) in [6, 6.07) is 5.77. The summed E-state index contributed by atoms with van der Waals surface area (Å²) in [5.41, 5.74) is 2.78. The third-order valence-corrected chi connectivity index (χ3v) is 4.45. The molecule has 150 valence electrons. The summed E-state index contributed by atoms with van der Waals surface area (Å²) in [6.45, 7) is 5.29. The van der Waals surface area contributed by atoms with Gasteiger partial charge in [0.25, 0.3) is 0 Å². The number of methoxy groups -OCH3 is 2. The van der Waals surface area contributed by atoms with Crippen LogP contribution in [0.5, 0.6) is 0 Å². The van der Waals surface area contributed by atoms with Crippen molar-refractivity contribution in [1.29, 1.82) is 0 Å². The zero-order chi connectivity index (χ0) is 20.7. The molecule has 0 amide bonds. The van der Waals surface area contributed by atoms with Gasteiger partial charge in [0.1, 0.15) is 5.70 Å². The van der Waals surface area contributed by atoms with Crippen LogP contribution in [0.4, 0.5) is 11.4 Å². The molecule has 0 aliphatic carbocycles. The molecular weight excluding hydrogens is 360 g/mol.